The first kappa shape index (κ1) is 14.3. The molecule has 0 saturated heterocycles. The average Bonchev–Trinajstić information content (AvgIpc) is 2.54. The fourth-order valence-electron chi connectivity index (χ4n) is 2.51. The van der Waals surface area contributed by atoms with Crippen molar-refractivity contribution in [1.29, 1.82) is 0 Å². The van der Waals surface area contributed by atoms with E-state index in [0.717, 1.165) is 16.5 Å². The lowest BCUT2D eigenvalue weighted by Crippen LogP contribution is -2.12. The van der Waals surface area contributed by atoms with Crippen LogP contribution >= 0.6 is 0 Å². The minimum absolute atomic E-state index is 0.0772. The topological polar surface area (TPSA) is 29.1 Å². The number of rotatable bonds is 3. The molecule has 1 N–H and O–H groups in total. The van der Waals surface area contributed by atoms with Crippen LogP contribution in [-0.2, 0) is 0 Å². The van der Waals surface area contributed by atoms with Crippen LogP contribution < -0.4 is 5.32 Å². The zero-order chi connectivity index (χ0) is 15.5. The van der Waals surface area contributed by atoms with E-state index in [1.165, 1.54) is 5.56 Å². The molecule has 0 radical (unpaired) electrons. The maximum atomic E-state index is 12.4. The maximum Gasteiger partial charge on any atom is 0.255 e. The first-order chi connectivity index (χ1) is 10.6. The van der Waals surface area contributed by atoms with E-state index in [1.807, 2.05) is 60.7 Å². The number of carbonyl (C=O) groups excluding carboxylic acids is 1. The van der Waals surface area contributed by atoms with Crippen molar-refractivity contribution in [3.05, 3.63) is 77.9 Å². The molecule has 0 aliphatic carbocycles. The third kappa shape index (κ3) is 3.01. The van der Waals surface area contributed by atoms with Crippen molar-refractivity contribution in [3.8, 4) is 0 Å². The summed E-state index contributed by atoms with van der Waals surface area (Å²) in [6.45, 7) is 4.29. The van der Waals surface area contributed by atoms with E-state index in [1.54, 1.807) is 0 Å². The van der Waals surface area contributed by atoms with Gasteiger partial charge < -0.3 is 5.32 Å². The molecule has 0 heterocycles. The van der Waals surface area contributed by atoms with Crippen LogP contribution in [-0.4, -0.2) is 5.91 Å². The molecule has 2 nitrogen and oxygen atoms in total. The van der Waals surface area contributed by atoms with E-state index in [2.05, 4.69) is 25.2 Å². The van der Waals surface area contributed by atoms with E-state index in [0.29, 0.717) is 11.5 Å². The summed E-state index contributed by atoms with van der Waals surface area (Å²) < 4.78 is 0. The minimum atomic E-state index is -0.0772. The Morgan fingerprint density at radius 1 is 0.864 bits per heavy atom. The Balaban J connectivity index is 1.85. The zero-order valence-electron chi connectivity index (χ0n) is 12.8. The van der Waals surface area contributed by atoms with Crippen molar-refractivity contribution in [3.63, 3.8) is 0 Å². The largest absolute Gasteiger partial charge is 0.322 e. The van der Waals surface area contributed by atoms with Crippen molar-refractivity contribution >= 4 is 22.4 Å². The first-order valence-electron chi connectivity index (χ1n) is 7.53. The van der Waals surface area contributed by atoms with Crippen LogP contribution in [0.3, 0.4) is 0 Å². The van der Waals surface area contributed by atoms with E-state index in [9.17, 15) is 4.79 Å². The van der Waals surface area contributed by atoms with Gasteiger partial charge in [0.25, 0.3) is 5.91 Å². The van der Waals surface area contributed by atoms with Crippen molar-refractivity contribution in [1.82, 2.24) is 0 Å². The Kier molecular flexibility index (Phi) is 3.92. The Morgan fingerprint density at radius 2 is 1.64 bits per heavy atom. The highest BCUT2D eigenvalue weighted by Crippen LogP contribution is 2.20. The monoisotopic (exact) mass is 289 g/mol. The molecule has 0 aliphatic heterocycles. The summed E-state index contributed by atoms with van der Waals surface area (Å²) in [5.41, 5.74) is 2.73. The molecule has 3 rings (SSSR count). The third-order valence-electron chi connectivity index (χ3n) is 3.82. The molecule has 110 valence electrons. The third-order valence-corrected chi connectivity index (χ3v) is 3.82. The molecule has 0 bridgehead atoms. The van der Waals surface area contributed by atoms with Gasteiger partial charge in [0.15, 0.2) is 0 Å². The van der Waals surface area contributed by atoms with Gasteiger partial charge >= 0.3 is 0 Å². The van der Waals surface area contributed by atoms with Gasteiger partial charge in [-0.2, -0.15) is 0 Å². The van der Waals surface area contributed by atoms with E-state index in [-0.39, 0.29) is 5.91 Å². The van der Waals surface area contributed by atoms with Crippen molar-refractivity contribution in [2.24, 2.45) is 0 Å². The SMILES string of the molecule is CC(C)c1cccc(NC(=O)c2ccc3ccccc3c2)c1. The predicted octanol–water partition coefficient (Wildman–Crippen LogP) is 5.22. The lowest BCUT2D eigenvalue weighted by Gasteiger charge is -2.10. The smallest absolute Gasteiger partial charge is 0.255 e. The lowest BCUT2D eigenvalue weighted by molar-refractivity contribution is 0.102. The quantitative estimate of drug-likeness (QED) is 0.704. The summed E-state index contributed by atoms with van der Waals surface area (Å²) in [6.07, 6.45) is 0. The Hall–Kier alpha value is -2.61. The molecular formula is C20H19NO. The Bertz CT molecular complexity index is 821. The van der Waals surface area contributed by atoms with Gasteiger partial charge in [0.2, 0.25) is 0 Å². The van der Waals surface area contributed by atoms with Crippen molar-refractivity contribution in [2.45, 2.75) is 19.8 Å². The van der Waals surface area contributed by atoms with Gasteiger partial charge in [-0.25, -0.2) is 0 Å². The van der Waals surface area contributed by atoms with Crippen LogP contribution in [0.5, 0.6) is 0 Å². The zero-order valence-corrected chi connectivity index (χ0v) is 12.8. The molecule has 0 spiro atoms. The molecule has 3 aromatic carbocycles. The molecule has 0 saturated carbocycles. The van der Waals surface area contributed by atoms with Gasteiger partial charge in [0.1, 0.15) is 0 Å². The molecule has 0 atom stereocenters. The predicted molar refractivity (Wildman–Crippen MR) is 92.4 cm³/mol. The summed E-state index contributed by atoms with van der Waals surface area (Å²) in [5.74, 6) is 0.365. The summed E-state index contributed by atoms with van der Waals surface area (Å²) in [6, 6.07) is 21.8. The van der Waals surface area contributed by atoms with Crippen LogP contribution in [0.15, 0.2) is 66.7 Å². The maximum absolute atomic E-state index is 12.4. The van der Waals surface area contributed by atoms with E-state index in [4.69, 9.17) is 0 Å². The average molecular weight is 289 g/mol. The Morgan fingerprint density at radius 3 is 2.41 bits per heavy atom. The number of hydrogen-bond acceptors (Lipinski definition) is 1. The minimum Gasteiger partial charge on any atom is -0.322 e. The highest BCUT2D eigenvalue weighted by Gasteiger charge is 2.08. The molecule has 0 aromatic heterocycles. The molecule has 2 heteroatoms. The van der Waals surface area contributed by atoms with Crippen LogP contribution in [0.2, 0.25) is 0 Å². The summed E-state index contributed by atoms with van der Waals surface area (Å²) in [5, 5.41) is 5.19. The van der Waals surface area contributed by atoms with E-state index < -0.39 is 0 Å². The highest BCUT2D eigenvalue weighted by atomic mass is 16.1. The number of carbonyl (C=O) groups is 1. The van der Waals surface area contributed by atoms with Gasteiger partial charge in [-0.05, 0) is 46.5 Å². The van der Waals surface area contributed by atoms with Gasteiger partial charge in [0, 0.05) is 11.3 Å². The fraction of sp³-hybridized carbons (Fsp3) is 0.150. The van der Waals surface area contributed by atoms with E-state index >= 15 is 0 Å². The van der Waals surface area contributed by atoms with Crippen molar-refractivity contribution < 1.29 is 4.79 Å². The second-order valence-corrected chi connectivity index (χ2v) is 5.80. The Labute approximate surface area is 130 Å². The molecule has 0 unspecified atom stereocenters. The second-order valence-electron chi connectivity index (χ2n) is 5.80. The molecule has 3 aromatic rings. The molecule has 0 fully saturated rings. The van der Waals surface area contributed by atoms with Crippen LogP contribution in [0.1, 0.15) is 35.7 Å². The van der Waals surface area contributed by atoms with Crippen molar-refractivity contribution in [2.75, 3.05) is 5.32 Å². The summed E-state index contributed by atoms with van der Waals surface area (Å²) in [4.78, 5) is 12.4. The molecular weight excluding hydrogens is 270 g/mol. The second kappa shape index (κ2) is 6.02. The van der Waals surface area contributed by atoms with Crippen LogP contribution in [0, 0.1) is 0 Å². The van der Waals surface area contributed by atoms with Gasteiger partial charge in [-0.3, -0.25) is 4.79 Å². The van der Waals surface area contributed by atoms with Crippen LogP contribution in [0.4, 0.5) is 5.69 Å². The van der Waals surface area contributed by atoms with Crippen LogP contribution in [0.25, 0.3) is 10.8 Å². The van der Waals surface area contributed by atoms with Gasteiger partial charge in [-0.1, -0.05) is 56.3 Å². The standard InChI is InChI=1S/C20H19NO/c1-14(2)16-8-5-9-19(13-16)21-20(22)18-11-10-15-6-3-4-7-17(15)12-18/h3-14H,1-2H3,(H,21,22). The van der Waals surface area contributed by atoms with Gasteiger partial charge in [-0.15, -0.1) is 0 Å². The molecule has 1 amide bonds. The number of anilines is 1. The normalized spacial score (nSPS) is 10.9. The summed E-state index contributed by atoms with van der Waals surface area (Å²) in [7, 11) is 0. The molecule has 22 heavy (non-hydrogen) atoms. The summed E-state index contributed by atoms with van der Waals surface area (Å²) >= 11 is 0. The highest BCUT2D eigenvalue weighted by molar-refractivity contribution is 6.06. The number of benzene rings is 3. The van der Waals surface area contributed by atoms with Gasteiger partial charge in [0.05, 0.1) is 0 Å². The number of nitrogens with one attached hydrogen (secondary N) is 1. The number of amides is 1. The number of fused-ring (bicyclic) bond motifs is 1. The molecule has 0 aliphatic rings. The lowest BCUT2D eigenvalue weighted by atomic mass is 10.0. The first-order valence-corrected chi connectivity index (χ1v) is 7.53. The number of hydrogen-bond donors (Lipinski definition) is 1. The fourth-order valence-corrected chi connectivity index (χ4v) is 2.51.